The van der Waals surface area contributed by atoms with Crippen LogP contribution in [-0.2, 0) is 4.79 Å². The minimum atomic E-state index is -0.526. The van der Waals surface area contributed by atoms with E-state index in [9.17, 15) is 4.79 Å². The second-order valence-corrected chi connectivity index (χ2v) is 6.26. The fraction of sp³-hybridized carbons (Fsp3) is 0.381. The quantitative estimate of drug-likeness (QED) is 0.814. The minimum Gasteiger partial charge on any atom is -0.497 e. The molecule has 134 valence electrons. The summed E-state index contributed by atoms with van der Waals surface area (Å²) in [6.45, 7) is 8.09. The Kier molecular flexibility index (Phi) is 6.45. The highest BCUT2D eigenvalue weighted by Gasteiger charge is 2.21. The number of carbonyl (C=O) groups is 1. The average Bonchev–Trinajstić information content (AvgIpc) is 2.62. The first-order valence-corrected chi connectivity index (χ1v) is 8.62. The Bertz CT molecular complexity index is 710. The molecule has 0 fully saturated rings. The second kappa shape index (κ2) is 8.56. The van der Waals surface area contributed by atoms with Gasteiger partial charge in [0.25, 0.3) is 5.91 Å². The van der Waals surface area contributed by atoms with Crippen LogP contribution < -0.4 is 14.8 Å². The molecule has 1 N–H and O–H groups in total. The van der Waals surface area contributed by atoms with Gasteiger partial charge < -0.3 is 14.8 Å². The normalized spacial score (nSPS) is 13.0. The second-order valence-electron chi connectivity index (χ2n) is 6.26. The molecule has 2 rings (SSSR count). The lowest BCUT2D eigenvalue weighted by Gasteiger charge is -2.21. The SMILES string of the molecule is CC[C@H](Oc1ccc(OC)cc1)C(=O)N[C@H](C)c1ccc(C)c(C)c1. The zero-order chi connectivity index (χ0) is 18.4. The van der Waals surface area contributed by atoms with E-state index in [1.54, 1.807) is 7.11 Å². The van der Waals surface area contributed by atoms with Crippen molar-refractivity contribution >= 4 is 5.91 Å². The van der Waals surface area contributed by atoms with E-state index in [0.29, 0.717) is 12.2 Å². The molecule has 0 heterocycles. The van der Waals surface area contributed by atoms with Gasteiger partial charge in [0.2, 0.25) is 0 Å². The summed E-state index contributed by atoms with van der Waals surface area (Å²) in [5.41, 5.74) is 3.56. The van der Waals surface area contributed by atoms with Crippen molar-refractivity contribution in [3.8, 4) is 11.5 Å². The Morgan fingerprint density at radius 3 is 2.24 bits per heavy atom. The number of benzene rings is 2. The molecule has 0 radical (unpaired) electrons. The number of aryl methyl sites for hydroxylation is 2. The summed E-state index contributed by atoms with van der Waals surface area (Å²) in [5.74, 6) is 1.30. The number of hydrogen-bond acceptors (Lipinski definition) is 3. The third-order valence-corrected chi connectivity index (χ3v) is 4.39. The van der Waals surface area contributed by atoms with Crippen LogP contribution in [0.5, 0.6) is 11.5 Å². The molecule has 2 aromatic rings. The molecule has 0 bridgehead atoms. The molecule has 0 saturated heterocycles. The summed E-state index contributed by atoms with van der Waals surface area (Å²) in [4.78, 5) is 12.6. The van der Waals surface area contributed by atoms with Crippen LogP contribution in [0.3, 0.4) is 0 Å². The fourth-order valence-electron chi connectivity index (χ4n) is 2.56. The third-order valence-electron chi connectivity index (χ3n) is 4.39. The predicted molar refractivity (Wildman–Crippen MR) is 100 cm³/mol. The molecule has 0 aromatic heterocycles. The van der Waals surface area contributed by atoms with Crippen molar-refractivity contribution in [3.63, 3.8) is 0 Å². The Labute approximate surface area is 150 Å². The zero-order valence-electron chi connectivity index (χ0n) is 15.6. The Hall–Kier alpha value is -2.49. The Balaban J connectivity index is 2.01. The van der Waals surface area contributed by atoms with Crippen LogP contribution in [-0.4, -0.2) is 19.1 Å². The largest absolute Gasteiger partial charge is 0.497 e. The van der Waals surface area contributed by atoms with Crippen LogP contribution >= 0.6 is 0 Å². The van der Waals surface area contributed by atoms with E-state index in [2.05, 4.69) is 37.4 Å². The van der Waals surface area contributed by atoms with Crippen molar-refractivity contribution in [1.82, 2.24) is 5.32 Å². The fourth-order valence-corrected chi connectivity index (χ4v) is 2.56. The van der Waals surface area contributed by atoms with Gasteiger partial charge in [-0.3, -0.25) is 4.79 Å². The van der Waals surface area contributed by atoms with Gasteiger partial charge in [-0.25, -0.2) is 0 Å². The molecule has 0 unspecified atom stereocenters. The van der Waals surface area contributed by atoms with Gasteiger partial charge >= 0.3 is 0 Å². The monoisotopic (exact) mass is 341 g/mol. The van der Waals surface area contributed by atoms with Crippen LogP contribution in [0.25, 0.3) is 0 Å². The highest BCUT2D eigenvalue weighted by Crippen LogP contribution is 2.20. The molecule has 25 heavy (non-hydrogen) atoms. The van der Waals surface area contributed by atoms with Gasteiger partial charge in [0.05, 0.1) is 13.2 Å². The molecule has 0 spiro atoms. The van der Waals surface area contributed by atoms with E-state index in [1.165, 1.54) is 11.1 Å². The Morgan fingerprint density at radius 2 is 1.68 bits per heavy atom. The summed E-state index contributed by atoms with van der Waals surface area (Å²) < 4.78 is 11.0. The van der Waals surface area contributed by atoms with Crippen LogP contribution in [0.4, 0.5) is 0 Å². The maximum Gasteiger partial charge on any atom is 0.261 e. The van der Waals surface area contributed by atoms with Gasteiger partial charge in [-0.05, 0) is 68.1 Å². The summed E-state index contributed by atoms with van der Waals surface area (Å²) in [6.07, 6.45) is 0.0692. The highest BCUT2D eigenvalue weighted by atomic mass is 16.5. The summed E-state index contributed by atoms with van der Waals surface area (Å²) >= 11 is 0. The van der Waals surface area contributed by atoms with Gasteiger partial charge in [-0.2, -0.15) is 0 Å². The van der Waals surface area contributed by atoms with Gasteiger partial charge in [-0.15, -0.1) is 0 Å². The molecule has 0 aliphatic heterocycles. The summed E-state index contributed by atoms with van der Waals surface area (Å²) in [5, 5.41) is 3.05. The number of carbonyl (C=O) groups excluding carboxylic acids is 1. The molecule has 0 saturated carbocycles. The number of nitrogens with one attached hydrogen (secondary N) is 1. The van der Waals surface area contributed by atoms with Crippen molar-refractivity contribution in [1.29, 1.82) is 0 Å². The smallest absolute Gasteiger partial charge is 0.261 e. The molecule has 0 aliphatic rings. The van der Waals surface area contributed by atoms with Gasteiger partial charge in [0.15, 0.2) is 6.10 Å². The number of amides is 1. The van der Waals surface area contributed by atoms with E-state index in [4.69, 9.17) is 9.47 Å². The van der Waals surface area contributed by atoms with Crippen LogP contribution in [0, 0.1) is 13.8 Å². The maximum atomic E-state index is 12.6. The lowest BCUT2D eigenvalue weighted by atomic mass is 10.0. The highest BCUT2D eigenvalue weighted by molar-refractivity contribution is 5.81. The van der Waals surface area contributed by atoms with Gasteiger partial charge in [0, 0.05) is 0 Å². The number of hydrogen-bond donors (Lipinski definition) is 1. The van der Waals surface area contributed by atoms with Crippen molar-refractivity contribution in [2.75, 3.05) is 7.11 Å². The molecule has 2 aromatic carbocycles. The van der Waals surface area contributed by atoms with E-state index in [1.807, 2.05) is 38.1 Å². The first kappa shape index (κ1) is 18.8. The molecule has 1 amide bonds. The van der Waals surface area contributed by atoms with Crippen molar-refractivity contribution < 1.29 is 14.3 Å². The average molecular weight is 341 g/mol. The lowest BCUT2D eigenvalue weighted by molar-refractivity contribution is -0.128. The van der Waals surface area contributed by atoms with Crippen molar-refractivity contribution in [2.45, 2.75) is 46.3 Å². The molecule has 2 atom stereocenters. The standard InChI is InChI=1S/C21H27NO3/c1-6-20(25-19-11-9-18(24-5)10-12-19)21(23)22-16(4)17-8-7-14(2)15(3)13-17/h7-13,16,20H,6H2,1-5H3,(H,22,23)/t16-,20+/m1/s1. The number of rotatable bonds is 7. The third kappa shape index (κ3) is 4.99. The molecule has 0 aliphatic carbocycles. The summed E-state index contributed by atoms with van der Waals surface area (Å²) in [7, 11) is 1.62. The first-order chi connectivity index (χ1) is 11.9. The van der Waals surface area contributed by atoms with E-state index in [-0.39, 0.29) is 11.9 Å². The van der Waals surface area contributed by atoms with Crippen LogP contribution in [0.15, 0.2) is 42.5 Å². The topological polar surface area (TPSA) is 47.6 Å². The first-order valence-electron chi connectivity index (χ1n) is 8.62. The van der Waals surface area contributed by atoms with E-state index in [0.717, 1.165) is 11.3 Å². The predicted octanol–water partition coefficient (Wildman–Crippen LogP) is 4.35. The molecular weight excluding hydrogens is 314 g/mol. The Morgan fingerprint density at radius 1 is 1.04 bits per heavy atom. The number of ether oxygens (including phenoxy) is 2. The van der Waals surface area contributed by atoms with Crippen molar-refractivity contribution in [3.05, 3.63) is 59.2 Å². The molecular formula is C21H27NO3. The lowest BCUT2D eigenvalue weighted by Crippen LogP contribution is -2.39. The number of methoxy groups -OCH3 is 1. The van der Waals surface area contributed by atoms with Crippen LogP contribution in [0.1, 0.15) is 43.0 Å². The molecule has 4 nitrogen and oxygen atoms in total. The molecule has 4 heteroatoms. The van der Waals surface area contributed by atoms with E-state index < -0.39 is 6.10 Å². The van der Waals surface area contributed by atoms with Crippen molar-refractivity contribution in [2.24, 2.45) is 0 Å². The van der Waals surface area contributed by atoms with Crippen LogP contribution in [0.2, 0.25) is 0 Å². The summed E-state index contributed by atoms with van der Waals surface area (Å²) in [6, 6.07) is 13.4. The maximum absolute atomic E-state index is 12.6. The van der Waals surface area contributed by atoms with E-state index >= 15 is 0 Å². The zero-order valence-corrected chi connectivity index (χ0v) is 15.6. The minimum absolute atomic E-state index is 0.0692. The van der Waals surface area contributed by atoms with Gasteiger partial charge in [-0.1, -0.05) is 25.1 Å². The van der Waals surface area contributed by atoms with Gasteiger partial charge in [0.1, 0.15) is 11.5 Å².